The Morgan fingerprint density at radius 1 is 1.35 bits per heavy atom. The SMILES string of the molecule is CCNC(C)CC(=O)NC(C)c1cc(C)ccc1OC. The number of amides is 1. The van der Waals surface area contributed by atoms with Crippen molar-refractivity contribution in [3.63, 3.8) is 0 Å². The Labute approximate surface area is 121 Å². The Bertz CT molecular complexity index is 446. The van der Waals surface area contributed by atoms with Crippen LogP contribution in [0, 0.1) is 6.92 Å². The van der Waals surface area contributed by atoms with E-state index in [0.717, 1.165) is 23.4 Å². The number of carbonyl (C=O) groups is 1. The Balaban J connectivity index is 2.68. The number of carbonyl (C=O) groups excluding carboxylic acids is 1. The minimum absolute atomic E-state index is 0.0505. The molecule has 0 saturated carbocycles. The molecule has 0 aliphatic rings. The molecule has 2 N–H and O–H groups in total. The van der Waals surface area contributed by atoms with Crippen LogP contribution in [-0.4, -0.2) is 25.6 Å². The standard InChI is InChI=1S/C16H26N2O2/c1-6-17-12(3)10-16(19)18-13(4)14-9-11(2)7-8-15(14)20-5/h7-9,12-13,17H,6,10H2,1-5H3,(H,18,19). The van der Waals surface area contributed by atoms with Gasteiger partial charge in [-0.25, -0.2) is 0 Å². The lowest BCUT2D eigenvalue weighted by Crippen LogP contribution is -2.34. The van der Waals surface area contributed by atoms with Crippen molar-refractivity contribution in [3.8, 4) is 5.75 Å². The molecule has 0 spiro atoms. The Morgan fingerprint density at radius 3 is 2.65 bits per heavy atom. The highest BCUT2D eigenvalue weighted by atomic mass is 16.5. The van der Waals surface area contributed by atoms with E-state index in [1.807, 2.05) is 39.8 Å². The Hall–Kier alpha value is -1.55. The number of benzene rings is 1. The number of hydrogen-bond donors (Lipinski definition) is 2. The molecule has 0 aliphatic heterocycles. The van der Waals surface area contributed by atoms with E-state index in [0.29, 0.717) is 6.42 Å². The normalized spacial score (nSPS) is 13.7. The topological polar surface area (TPSA) is 50.4 Å². The van der Waals surface area contributed by atoms with Crippen LogP contribution in [0.25, 0.3) is 0 Å². The first-order valence-electron chi connectivity index (χ1n) is 7.15. The maximum Gasteiger partial charge on any atom is 0.222 e. The summed E-state index contributed by atoms with van der Waals surface area (Å²) in [7, 11) is 1.65. The minimum Gasteiger partial charge on any atom is -0.496 e. The van der Waals surface area contributed by atoms with Crippen LogP contribution in [-0.2, 0) is 4.79 Å². The van der Waals surface area contributed by atoms with Crippen molar-refractivity contribution in [2.75, 3.05) is 13.7 Å². The van der Waals surface area contributed by atoms with Crippen molar-refractivity contribution in [3.05, 3.63) is 29.3 Å². The number of nitrogens with one attached hydrogen (secondary N) is 2. The van der Waals surface area contributed by atoms with Crippen LogP contribution in [0.4, 0.5) is 0 Å². The summed E-state index contributed by atoms with van der Waals surface area (Å²) in [4.78, 5) is 12.0. The van der Waals surface area contributed by atoms with Crippen molar-refractivity contribution in [2.24, 2.45) is 0 Å². The number of aryl methyl sites for hydroxylation is 1. The molecular weight excluding hydrogens is 252 g/mol. The number of rotatable bonds is 7. The second-order valence-electron chi connectivity index (χ2n) is 5.20. The monoisotopic (exact) mass is 278 g/mol. The van der Waals surface area contributed by atoms with Gasteiger partial charge >= 0.3 is 0 Å². The molecule has 0 aromatic heterocycles. The minimum atomic E-state index is -0.0637. The van der Waals surface area contributed by atoms with Crippen LogP contribution in [0.15, 0.2) is 18.2 Å². The average Bonchev–Trinajstić information content (AvgIpc) is 2.38. The van der Waals surface area contributed by atoms with Gasteiger partial charge in [-0.2, -0.15) is 0 Å². The van der Waals surface area contributed by atoms with Gasteiger partial charge in [-0.3, -0.25) is 4.79 Å². The summed E-state index contributed by atoms with van der Waals surface area (Å²) in [6.45, 7) is 8.93. The fraction of sp³-hybridized carbons (Fsp3) is 0.562. The number of methoxy groups -OCH3 is 1. The molecule has 0 radical (unpaired) electrons. The van der Waals surface area contributed by atoms with Gasteiger partial charge in [0.05, 0.1) is 13.2 Å². The molecule has 0 saturated heterocycles. The maximum absolute atomic E-state index is 12.0. The summed E-state index contributed by atoms with van der Waals surface area (Å²) in [5.41, 5.74) is 2.17. The highest BCUT2D eigenvalue weighted by Gasteiger charge is 2.15. The first-order chi connectivity index (χ1) is 9.47. The van der Waals surface area contributed by atoms with E-state index in [4.69, 9.17) is 4.74 Å². The molecule has 20 heavy (non-hydrogen) atoms. The van der Waals surface area contributed by atoms with Crippen LogP contribution in [0.2, 0.25) is 0 Å². The van der Waals surface area contributed by atoms with Crippen molar-refractivity contribution in [2.45, 2.75) is 46.2 Å². The fourth-order valence-electron chi connectivity index (χ4n) is 2.27. The molecule has 0 bridgehead atoms. The molecule has 1 aromatic rings. The molecule has 1 aromatic carbocycles. The van der Waals surface area contributed by atoms with E-state index in [-0.39, 0.29) is 18.0 Å². The van der Waals surface area contributed by atoms with E-state index in [1.54, 1.807) is 7.11 Å². The van der Waals surface area contributed by atoms with E-state index < -0.39 is 0 Å². The summed E-state index contributed by atoms with van der Waals surface area (Å²) in [5.74, 6) is 0.859. The van der Waals surface area contributed by atoms with Gasteiger partial charge in [0, 0.05) is 18.0 Å². The summed E-state index contributed by atoms with van der Waals surface area (Å²) >= 11 is 0. The fourth-order valence-corrected chi connectivity index (χ4v) is 2.27. The largest absolute Gasteiger partial charge is 0.496 e. The van der Waals surface area contributed by atoms with E-state index in [2.05, 4.69) is 16.7 Å². The summed E-state index contributed by atoms with van der Waals surface area (Å²) < 4.78 is 5.36. The van der Waals surface area contributed by atoms with Gasteiger partial charge in [0.15, 0.2) is 0 Å². The van der Waals surface area contributed by atoms with Gasteiger partial charge in [0.2, 0.25) is 5.91 Å². The summed E-state index contributed by atoms with van der Waals surface area (Å²) in [6.07, 6.45) is 0.478. The Kier molecular flexibility index (Phi) is 6.52. The van der Waals surface area contributed by atoms with Gasteiger partial charge < -0.3 is 15.4 Å². The number of ether oxygens (including phenoxy) is 1. The van der Waals surface area contributed by atoms with E-state index in [1.165, 1.54) is 0 Å². The zero-order valence-electron chi connectivity index (χ0n) is 13.1. The van der Waals surface area contributed by atoms with Crippen molar-refractivity contribution in [1.29, 1.82) is 0 Å². The third kappa shape index (κ3) is 4.85. The quantitative estimate of drug-likeness (QED) is 0.806. The van der Waals surface area contributed by atoms with Crippen LogP contribution in [0.1, 0.15) is 44.4 Å². The highest BCUT2D eigenvalue weighted by Crippen LogP contribution is 2.26. The smallest absolute Gasteiger partial charge is 0.222 e. The number of hydrogen-bond acceptors (Lipinski definition) is 3. The first kappa shape index (κ1) is 16.5. The molecule has 2 atom stereocenters. The molecule has 1 amide bonds. The van der Waals surface area contributed by atoms with Gasteiger partial charge in [-0.15, -0.1) is 0 Å². The van der Waals surface area contributed by atoms with E-state index >= 15 is 0 Å². The van der Waals surface area contributed by atoms with Crippen molar-refractivity contribution < 1.29 is 9.53 Å². The predicted molar refractivity (Wildman–Crippen MR) is 82.0 cm³/mol. The van der Waals surface area contributed by atoms with Crippen LogP contribution >= 0.6 is 0 Å². The second kappa shape index (κ2) is 7.90. The third-order valence-electron chi connectivity index (χ3n) is 3.27. The lowest BCUT2D eigenvalue weighted by atomic mass is 10.0. The molecule has 0 aliphatic carbocycles. The van der Waals surface area contributed by atoms with Gasteiger partial charge in [0.25, 0.3) is 0 Å². The molecule has 2 unspecified atom stereocenters. The summed E-state index contributed by atoms with van der Waals surface area (Å²) in [5, 5.41) is 6.26. The predicted octanol–water partition coefficient (Wildman–Crippen LogP) is 2.57. The molecule has 112 valence electrons. The Morgan fingerprint density at radius 2 is 2.05 bits per heavy atom. The molecule has 0 fully saturated rings. The zero-order valence-corrected chi connectivity index (χ0v) is 13.1. The third-order valence-corrected chi connectivity index (χ3v) is 3.27. The van der Waals surface area contributed by atoms with Crippen LogP contribution in [0.5, 0.6) is 5.75 Å². The maximum atomic E-state index is 12.0. The summed E-state index contributed by atoms with van der Waals surface area (Å²) in [6, 6.07) is 6.12. The van der Waals surface area contributed by atoms with Gasteiger partial charge in [0.1, 0.15) is 5.75 Å². The van der Waals surface area contributed by atoms with Gasteiger partial charge in [-0.05, 0) is 33.4 Å². The molecule has 4 nitrogen and oxygen atoms in total. The van der Waals surface area contributed by atoms with Crippen molar-refractivity contribution >= 4 is 5.91 Å². The highest BCUT2D eigenvalue weighted by molar-refractivity contribution is 5.77. The van der Waals surface area contributed by atoms with Gasteiger partial charge in [-0.1, -0.05) is 24.6 Å². The van der Waals surface area contributed by atoms with Crippen molar-refractivity contribution in [1.82, 2.24) is 10.6 Å². The molecule has 1 rings (SSSR count). The lowest BCUT2D eigenvalue weighted by Gasteiger charge is -2.19. The first-order valence-corrected chi connectivity index (χ1v) is 7.15. The van der Waals surface area contributed by atoms with Crippen LogP contribution in [0.3, 0.4) is 0 Å². The second-order valence-corrected chi connectivity index (χ2v) is 5.20. The molecular formula is C16H26N2O2. The molecule has 4 heteroatoms. The lowest BCUT2D eigenvalue weighted by molar-refractivity contribution is -0.122. The van der Waals surface area contributed by atoms with Crippen LogP contribution < -0.4 is 15.4 Å². The zero-order chi connectivity index (χ0) is 15.1. The average molecular weight is 278 g/mol. The van der Waals surface area contributed by atoms with E-state index in [9.17, 15) is 4.79 Å². The molecule has 0 heterocycles.